The zero-order valence-electron chi connectivity index (χ0n) is 12.9. The minimum absolute atomic E-state index is 0.0417. The molecule has 6 heteroatoms. The van der Waals surface area contributed by atoms with Crippen LogP contribution in [0.5, 0.6) is 0 Å². The third-order valence-corrected chi connectivity index (χ3v) is 4.05. The molecule has 1 heterocycles. The Hall–Kier alpha value is -1.85. The fourth-order valence-corrected chi connectivity index (χ4v) is 2.66. The summed E-state index contributed by atoms with van der Waals surface area (Å²) in [5, 5.41) is 13.0. The number of rotatable bonds is 6. The lowest BCUT2D eigenvalue weighted by atomic mass is 9.97. The van der Waals surface area contributed by atoms with Gasteiger partial charge in [0, 0.05) is 18.2 Å². The molecular weight excluding hydrogens is 272 g/mol. The zero-order chi connectivity index (χ0) is 15.7. The Balaban J connectivity index is 2.17. The van der Waals surface area contributed by atoms with E-state index in [4.69, 9.17) is 9.63 Å². The van der Waals surface area contributed by atoms with Crippen LogP contribution in [0.3, 0.4) is 0 Å². The normalized spacial score (nSPS) is 17.3. The zero-order valence-corrected chi connectivity index (χ0v) is 12.9. The minimum Gasteiger partial charge on any atom is -0.481 e. The van der Waals surface area contributed by atoms with Crippen molar-refractivity contribution in [3.05, 3.63) is 17.0 Å². The average Bonchev–Trinajstić information content (AvgIpc) is 3.20. The fraction of sp³-hybridized carbons (Fsp3) is 0.667. The summed E-state index contributed by atoms with van der Waals surface area (Å²) in [6.07, 6.45) is 1.90. The van der Waals surface area contributed by atoms with Gasteiger partial charge in [-0.05, 0) is 33.6 Å². The molecular formula is C15H22N2O4. The Morgan fingerprint density at radius 3 is 2.43 bits per heavy atom. The summed E-state index contributed by atoms with van der Waals surface area (Å²) >= 11 is 0. The summed E-state index contributed by atoms with van der Waals surface area (Å²) < 4.78 is 5.13. The summed E-state index contributed by atoms with van der Waals surface area (Å²) in [4.78, 5) is 25.5. The smallest absolute Gasteiger partial charge is 0.308 e. The molecule has 1 aromatic heterocycles. The molecule has 1 N–H and O–H groups in total. The van der Waals surface area contributed by atoms with E-state index in [0.717, 1.165) is 24.1 Å². The highest BCUT2D eigenvalue weighted by Gasteiger charge is 2.37. The summed E-state index contributed by atoms with van der Waals surface area (Å²) in [6.45, 7) is 7.32. The highest BCUT2D eigenvalue weighted by Crippen LogP contribution is 2.32. The summed E-state index contributed by atoms with van der Waals surface area (Å²) in [5.74, 6) is -1.20. The van der Waals surface area contributed by atoms with Crippen LogP contribution >= 0.6 is 0 Å². The molecule has 0 aliphatic heterocycles. The Kier molecular flexibility index (Phi) is 4.34. The van der Waals surface area contributed by atoms with Crippen LogP contribution in [0.1, 0.15) is 49.6 Å². The van der Waals surface area contributed by atoms with Crippen molar-refractivity contribution >= 4 is 11.9 Å². The highest BCUT2D eigenvalue weighted by atomic mass is 16.5. The van der Waals surface area contributed by atoms with Crippen molar-refractivity contribution in [1.82, 2.24) is 10.1 Å². The molecule has 116 valence electrons. The first-order valence-corrected chi connectivity index (χ1v) is 7.29. The van der Waals surface area contributed by atoms with Crippen LogP contribution in [-0.2, 0) is 9.59 Å². The van der Waals surface area contributed by atoms with Gasteiger partial charge in [0.15, 0.2) is 0 Å². The number of carboxylic acid groups (broad SMARTS) is 1. The Morgan fingerprint density at radius 1 is 1.38 bits per heavy atom. The van der Waals surface area contributed by atoms with Gasteiger partial charge in [-0.2, -0.15) is 0 Å². The van der Waals surface area contributed by atoms with E-state index in [9.17, 15) is 9.59 Å². The van der Waals surface area contributed by atoms with Gasteiger partial charge in [-0.25, -0.2) is 0 Å². The Morgan fingerprint density at radius 2 is 2.00 bits per heavy atom. The number of carbonyl (C=O) groups is 2. The second kappa shape index (κ2) is 5.87. The second-order valence-corrected chi connectivity index (χ2v) is 5.92. The third-order valence-electron chi connectivity index (χ3n) is 4.05. The van der Waals surface area contributed by atoms with Gasteiger partial charge in [0.1, 0.15) is 5.76 Å². The van der Waals surface area contributed by atoms with Crippen LogP contribution in [0.15, 0.2) is 4.52 Å². The van der Waals surface area contributed by atoms with Crippen molar-refractivity contribution < 1.29 is 19.2 Å². The molecule has 0 aromatic carbocycles. The van der Waals surface area contributed by atoms with Gasteiger partial charge in [-0.1, -0.05) is 12.1 Å². The van der Waals surface area contributed by atoms with E-state index in [1.165, 1.54) is 0 Å². The molecule has 0 spiro atoms. The van der Waals surface area contributed by atoms with Gasteiger partial charge in [-0.15, -0.1) is 0 Å². The number of hydrogen-bond donors (Lipinski definition) is 1. The van der Waals surface area contributed by atoms with Crippen LogP contribution in [0.2, 0.25) is 0 Å². The highest BCUT2D eigenvalue weighted by molar-refractivity contribution is 5.85. The first kappa shape index (κ1) is 15.5. The van der Waals surface area contributed by atoms with E-state index in [2.05, 4.69) is 5.16 Å². The lowest BCUT2D eigenvalue weighted by Gasteiger charge is -2.27. The monoisotopic (exact) mass is 294 g/mol. The summed E-state index contributed by atoms with van der Waals surface area (Å²) in [7, 11) is 0. The Labute approximate surface area is 124 Å². The summed E-state index contributed by atoms with van der Waals surface area (Å²) in [6, 6.07) is 0.183. The van der Waals surface area contributed by atoms with Gasteiger partial charge in [0.25, 0.3) is 0 Å². The van der Waals surface area contributed by atoms with Crippen molar-refractivity contribution in [2.24, 2.45) is 5.92 Å². The van der Waals surface area contributed by atoms with Crippen molar-refractivity contribution in [1.29, 1.82) is 0 Å². The van der Waals surface area contributed by atoms with E-state index in [1.807, 2.05) is 13.8 Å². The van der Waals surface area contributed by atoms with Crippen LogP contribution in [0.4, 0.5) is 0 Å². The molecule has 21 heavy (non-hydrogen) atoms. The molecule has 1 amide bonds. The maximum absolute atomic E-state index is 12.7. The van der Waals surface area contributed by atoms with E-state index >= 15 is 0 Å². The molecule has 2 atom stereocenters. The van der Waals surface area contributed by atoms with E-state index in [-0.39, 0.29) is 24.4 Å². The van der Waals surface area contributed by atoms with Crippen LogP contribution in [-0.4, -0.2) is 39.6 Å². The molecule has 0 saturated heterocycles. The minimum atomic E-state index is -0.876. The van der Waals surface area contributed by atoms with Crippen molar-refractivity contribution in [2.45, 2.75) is 52.5 Å². The maximum Gasteiger partial charge on any atom is 0.308 e. The molecule has 1 saturated carbocycles. The third kappa shape index (κ3) is 3.25. The number of carboxylic acids is 1. The first-order chi connectivity index (χ1) is 9.82. The topological polar surface area (TPSA) is 83.6 Å². The van der Waals surface area contributed by atoms with Crippen LogP contribution in [0.25, 0.3) is 0 Å². The molecule has 2 rings (SSSR count). The maximum atomic E-state index is 12.7. The SMILES string of the molecule is Cc1noc(C)c1[C@@H](C)C(=O)N(C[C@H](C)C(=O)O)C1CC1. The number of aryl methyl sites for hydroxylation is 2. The molecule has 1 aliphatic carbocycles. The molecule has 0 bridgehead atoms. The number of aromatic nitrogens is 1. The lowest BCUT2D eigenvalue weighted by molar-refractivity contribution is -0.143. The van der Waals surface area contributed by atoms with Crippen molar-refractivity contribution in [2.75, 3.05) is 6.54 Å². The molecule has 6 nitrogen and oxygen atoms in total. The van der Waals surface area contributed by atoms with E-state index < -0.39 is 11.9 Å². The molecule has 0 unspecified atom stereocenters. The molecule has 1 fully saturated rings. The van der Waals surface area contributed by atoms with Crippen molar-refractivity contribution in [3.63, 3.8) is 0 Å². The average molecular weight is 294 g/mol. The van der Waals surface area contributed by atoms with E-state index in [1.54, 1.807) is 18.7 Å². The van der Waals surface area contributed by atoms with Gasteiger partial charge < -0.3 is 14.5 Å². The number of aliphatic carboxylic acids is 1. The molecule has 1 aliphatic rings. The number of amides is 1. The second-order valence-electron chi connectivity index (χ2n) is 5.92. The number of nitrogens with zero attached hydrogens (tertiary/aromatic N) is 2. The van der Waals surface area contributed by atoms with Gasteiger partial charge in [0.2, 0.25) is 5.91 Å². The van der Waals surface area contributed by atoms with E-state index in [0.29, 0.717) is 5.76 Å². The van der Waals surface area contributed by atoms with Gasteiger partial charge >= 0.3 is 5.97 Å². The van der Waals surface area contributed by atoms with Crippen LogP contribution in [0, 0.1) is 19.8 Å². The molecule has 1 aromatic rings. The predicted octanol–water partition coefficient (Wildman–Crippen LogP) is 2.11. The fourth-order valence-electron chi connectivity index (χ4n) is 2.66. The quantitative estimate of drug-likeness (QED) is 0.868. The first-order valence-electron chi connectivity index (χ1n) is 7.29. The Bertz CT molecular complexity index is 528. The molecule has 0 radical (unpaired) electrons. The number of hydrogen-bond acceptors (Lipinski definition) is 4. The lowest BCUT2D eigenvalue weighted by Crippen LogP contribution is -2.40. The predicted molar refractivity (Wildman–Crippen MR) is 75.9 cm³/mol. The standard InChI is InChI=1S/C15H22N2O4/c1-8(15(19)20)7-17(12-5-6-12)14(18)9(2)13-10(3)16-21-11(13)4/h8-9,12H,5-7H2,1-4H3,(H,19,20)/t8-,9+/m0/s1. The largest absolute Gasteiger partial charge is 0.481 e. The van der Waals surface area contributed by atoms with Crippen molar-refractivity contribution in [3.8, 4) is 0 Å². The number of carbonyl (C=O) groups excluding carboxylic acids is 1. The van der Waals surface area contributed by atoms with Crippen LogP contribution < -0.4 is 0 Å². The van der Waals surface area contributed by atoms with Gasteiger partial charge in [-0.3, -0.25) is 9.59 Å². The summed E-state index contributed by atoms with van der Waals surface area (Å²) in [5.41, 5.74) is 1.53. The van der Waals surface area contributed by atoms with Gasteiger partial charge in [0.05, 0.1) is 17.5 Å².